The van der Waals surface area contributed by atoms with Crippen molar-refractivity contribution in [3.8, 4) is 0 Å². The van der Waals surface area contributed by atoms with E-state index >= 15 is 0 Å². The number of benzene rings is 1. The van der Waals surface area contributed by atoms with Crippen molar-refractivity contribution in [3.05, 3.63) is 52.1 Å². The second-order valence-electron chi connectivity index (χ2n) is 6.07. The molecule has 1 N–H and O–H groups in total. The van der Waals surface area contributed by atoms with E-state index in [-0.39, 0.29) is 17.8 Å². The number of rotatable bonds is 5. The Bertz CT molecular complexity index is 695. The predicted octanol–water partition coefficient (Wildman–Crippen LogP) is 4.13. The van der Waals surface area contributed by atoms with E-state index in [9.17, 15) is 9.18 Å². The number of halogens is 2. The molecule has 1 amide bonds. The van der Waals surface area contributed by atoms with Crippen LogP contribution in [0.3, 0.4) is 0 Å². The Morgan fingerprint density at radius 2 is 1.91 bits per heavy atom. The van der Waals surface area contributed by atoms with E-state index in [1.54, 1.807) is 23.7 Å². The van der Waals surface area contributed by atoms with Gasteiger partial charge in [0.05, 0.1) is 17.3 Å². The second kappa shape index (κ2) is 7.13. The minimum atomic E-state index is -0.305. The highest BCUT2D eigenvalue weighted by molar-refractivity contribution is 6.33. The van der Waals surface area contributed by atoms with Crippen LogP contribution in [0.4, 0.5) is 4.39 Å². The standard InChI is InChI=1S/C17H21ClFN3O/c1-10(2)9-22-16(18)15(12(4)21-22)17(23)20-11(3)13-5-7-14(19)8-6-13/h5-8,10-11H,9H2,1-4H3,(H,20,23)/t11-/m0/s1. The van der Waals surface area contributed by atoms with Gasteiger partial charge in [-0.25, -0.2) is 4.39 Å². The van der Waals surface area contributed by atoms with Crippen LogP contribution >= 0.6 is 11.6 Å². The van der Waals surface area contributed by atoms with E-state index in [1.165, 1.54) is 12.1 Å². The Hall–Kier alpha value is -1.88. The van der Waals surface area contributed by atoms with Crippen molar-refractivity contribution >= 4 is 17.5 Å². The number of hydrogen-bond donors (Lipinski definition) is 1. The SMILES string of the molecule is Cc1nn(CC(C)C)c(Cl)c1C(=O)N[C@@H](C)c1ccc(F)cc1. The highest BCUT2D eigenvalue weighted by Gasteiger charge is 2.22. The Kier molecular flexibility index (Phi) is 5.42. The molecular weight excluding hydrogens is 317 g/mol. The summed E-state index contributed by atoms with van der Waals surface area (Å²) >= 11 is 6.31. The molecule has 0 aliphatic rings. The molecule has 0 unspecified atom stereocenters. The van der Waals surface area contributed by atoms with Gasteiger partial charge in [0.1, 0.15) is 11.0 Å². The number of aromatic nitrogens is 2. The lowest BCUT2D eigenvalue weighted by Gasteiger charge is -2.14. The van der Waals surface area contributed by atoms with Crippen LogP contribution in [0.1, 0.15) is 48.4 Å². The third-order valence-corrected chi connectivity index (χ3v) is 3.93. The highest BCUT2D eigenvalue weighted by atomic mass is 35.5. The third kappa shape index (κ3) is 4.10. The fourth-order valence-electron chi connectivity index (χ4n) is 2.38. The molecule has 1 heterocycles. The zero-order chi connectivity index (χ0) is 17.1. The van der Waals surface area contributed by atoms with E-state index in [1.807, 2.05) is 6.92 Å². The van der Waals surface area contributed by atoms with Crippen LogP contribution in [-0.4, -0.2) is 15.7 Å². The summed E-state index contributed by atoms with van der Waals surface area (Å²) in [7, 11) is 0. The summed E-state index contributed by atoms with van der Waals surface area (Å²) in [5.41, 5.74) is 1.81. The van der Waals surface area contributed by atoms with Gasteiger partial charge in [0.15, 0.2) is 0 Å². The van der Waals surface area contributed by atoms with Crippen LogP contribution in [0.15, 0.2) is 24.3 Å². The molecule has 0 fully saturated rings. The van der Waals surface area contributed by atoms with Crippen LogP contribution in [0.5, 0.6) is 0 Å². The molecule has 1 aromatic carbocycles. The largest absolute Gasteiger partial charge is 0.345 e. The number of carbonyl (C=O) groups excluding carboxylic acids is 1. The molecule has 23 heavy (non-hydrogen) atoms. The third-order valence-electron chi connectivity index (χ3n) is 3.55. The summed E-state index contributed by atoms with van der Waals surface area (Å²) in [6.07, 6.45) is 0. The molecule has 0 bridgehead atoms. The van der Waals surface area contributed by atoms with Crippen molar-refractivity contribution in [1.29, 1.82) is 0 Å². The van der Waals surface area contributed by atoms with Crippen LogP contribution in [0.2, 0.25) is 5.15 Å². The quantitative estimate of drug-likeness (QED) is 0.891. The van der Waals surface area contributed by atoms with Gasteiger partial charge in [0.2, 0.25) is 0 Å². The maximum Gasteiger partial charge on any atom is 0.256 e. The minimum Gasteiger partial charge on any atom is -0.345 e. The first-order chi connectivity index (χ1) is 10.8. The molecule has 0 radical (unpaired) electrons. The van der Waals surface area contributed by atoms with Crippen molar-refractivity contribution in [2.24, 2.45) is 5.92 Å². The van der Waals surface area contributed by atoms with Gasteiger partial charge in [-0.3, -0.25) is 9.48 Å². The number of carbonyl (C=O) groups is 1. The molecule has 124 valence electrons. The Morgan fingerprint density at radius 1 is 1.30 bits per heavy atom. The smallest absolute Gasteiger partial charge is 0.256 e. The summed E-state index contributed by atoms with van der Waals surface area (Å²) in [5, 5.41) is 7.57. The number of hydrogen-bond acceptors (Lipinski definition) is 2. The van der Waals surface area contributed by atoms with Gasteiger partial charge in [-0.1, -0.05) is 37.6 Å². The summed E-state index contributed by atoms with van der Waals surface area (Å²) in [6, 6.07) is 5.79. The first kappa shape index (κ1) is 17.5. The van der Waals surface area contributed by atoms with Crippen LogP contribution in [0.25, 0.3) is 0 Å². The van der Waals surface area contributed by atoms with Gasteiger partial charge < -0.3 is 5.32 Å². The molecule has 0 spiro atoms. The molecule has 1 aromatic heterocycles. The number of aryl methyl sites for hydroxylation is 1. The number of nitrogens with one attached hydrogen (secondary N) is 1. The van der Waals surface area contributed by atoms with E-state index < -0.39 is 0 Å². The first-order valence-electron chi connectivity index (χ1n) is 7.58. The molecule has 4 nitrogen and oxygen atoms in total. The molecule has 0 saturated carbocycles. The van der Waals surface area contributed by atoms with E-state index in [0.717, 1.165) is 5.56 Å². The number of amides is 1. The zero-order valence-electron chi connectivity index (χ0n) is 13.7. The maximum atomic E-state index is 13.0. The van der Waals surface area contributed by atoms with Gasteiger partial charge >= 0.3 is 0 Å². The van der Waals surface area contributed by atoms with Gasteiger partial charge in [-0.2, -0.15) is 5.10 Å². The fraction of sp³-hybridized carbons (Fsp3) is 0.412. The van der Waals surface area contributed by atoms with Gasteiger partial charge in [0.25, 0.3) is 5.91 Å². The Balaban J connectivity index is 2.17. The maximum absolute atomic E-state index is 13.0. The van der Waals surface area contributed by atoms with E-state index in [0.29, 0.717) is 28.9 Å². The van der Waals surface area contributed by atoms with Crippen molar-refractivity contribution in [2.75, 3.05) is 0 Å². The Morgan fingerprint density at radius 3 is 2.48 bits per heavy atom. The predicted molar refractivity (Wildman–Crippen MR) is 89.1 cm³/mol. The van der Waals surface area contributed by atoms with E-state index in [4.69, 9.17) is 11.6 Å². The number of nitrogens with zero attached hydrogens (tertiary/aromatic N) is 2. The molecule has 0 aliphatic heterocycles. The Labute approximate surface area is 140 Å². The fourth-order valence-corrected chi connectivity index (χ4v) is 2.71. The van der Waals surface area contributed by atoms with Crippen LogP contribution in [0, 0.1) is 18.7 Å². The average Bonchev–Trinajstić information content (AvgIpc) is 2.73. The molecule has 2 rings (SSSR count). The lowest BCUT2D eigenvalue weighted by atomic mass is 10.1. The normalized spacial score (nSPS) is 12.5. The lowest BCUT2D eigenvalue weighted by Crippen LogP contribution is -2.27. The first-order valence-corrected chi connectivity index (χ1v) is 7.96. The summed E-state index contributed by atoms with van der Waals surface area (Å²) in [5.74, 6) is -0.207. The summed E-state index contributed by atoms with van der Waals surface area (Å²) in [4.78, 5) is 12.5. The lowest BCUT2D eigenvalue weighted by molar-refractivity contribution is 0.0939. The molecule has 2 aromatic rings. The molecular formula is C17H21ClFN3O. The zero-order valence-corrected chi connectivity index (χ0v) is 14.5. The van der Waals surface area contributed by atoms with Gasteiger partial charge in [-0.15, -0.1) is 0 Å². The van der Waals surface area contributed by atoms with Crippen molar-refractivity contribution in [1.82, 2.24) is 15.1 Å². The van der Waals surface area contributed by atoms with Gasteiger partial charge in [-0.05, 0) is 37.5 Å². The topological polar surface area (TPSA) is 46.9 Å². The van der Waals surface area contributed by atoms with Crippen molar-refractivity contribution in [3.63, 3.8) is 0 Å². The minimum absolute atomic E-state index is 0.257. The average molecular weight is 338 g/mol. The molecule has 6 heteroatoms. The molecule has 0 aliphatic carbocycles. The van der Waals surface area contributed by atoms with E-state index in [2.05, 4.69) is 24.3 Å². The highest BCUT2D eigenvalue weighted by Crippen LogP contribution is 2.22. The molecule has 1 atom stereocenters. The molecule has 0 saturated heterocycles. The monoisotopic (exact) mass is 337 g/mol. The van der Waals surface area contributed by atoms with Gasteiger partial charge in [0, 0.05) is 6.54 Å². The van der Waals surface area contributed by atoms with Crippen molar-refractivity contribution in [2.45, 2.75) is 40.3 Å². The summed E-state index contributed by atoms with van der Waals surface area (Å²) < 4.78 is 14.6. The van der Waals surface area contributed by atoms with Crippen LogP contribution < -0.4 is 5.32 Å². The van der Waals surface area contributed by atoms with Crippen LogP contribution in [-0.2, 0) is 6.54 Å². The summed E-state index contributed by atoms with van der Waals surface area (Å²) in [6.45, 7) is 8.38. The second-order valence-corrected chi connectivity index (χ2v) is 6.43. The van der Waals surface area contributed by atoms with Crippen molar-refractivity contribution < 1.29 is 9.18 Å².